The summed E-state index contributed by atoms with van der Waals surface area (Å²) in [4.78, 5) is 59.9. The Morgan fingerprint density at radius 2 is 1.41 bits per heavy atom. The molecular weight excluding hydrogens is 444 g/mol. The summed E-state index contributed by atoms with van der Waals surface area (Å²) in [5.41, 5.74) is 16.1. The number of aliphatic hydroxyl groups excluding tert-OH is 1. The van der Waals surface area contributed by atoms with Crippen LogP contribution < -0.4 is 33.2 Å². The molecule has 32 heavy (non-hydrogen) atoms. The number of rotatable bonds is 16. The quantitative estimate of drug-likeness (QED) is 0.0790. The maximum absolute atomic E-state index is 12.8. The Bertz CT molecular complexity index is 664. The minimum atomic E-state index is -1.32. The fourth-order valence-corrected chi connectivity index (χ4v) is 2.78. The van der Waals surface area contributed by atoms with Gasteiger partial charge >= 0.3 is 5.97 Å². The normalized spacial score (nSPS) is 15.5. The van der Waals surface area contributed by atoms with Gasteiger partial charge in [0.15, 0.2) is 0 Å². The van der Waals surface area contributed by atoms with Crippen LogP contribution in [0.15, 0.2) is 0 Å². The van der Waals surface area contributed by atoms with Crippen LogP contribution in [-0.2, 0) is 24.0 Å². The fraction of sp³-hybridized carbons (Fsp3) is 0.722. The summed E-state index contributed by atoms with van der Waals surface area (Å²) in [6.07, 6.45) is -0.452. The van der Waals surface area contributed by atoms with E-state index in [1.807, 2.05) is 0 Å². The Kier molecular flexibility index (Phi) is 14.2. The van der Waals surface area contributed by atoms with Crippen molar-refractivity contribution in [1.29, 1.82) is 0 Å². The van der Waals surface area contributed by atoms with Crippen LogP contribution in [0.2, 0.25) is 0 Å². The zero-order chi connectivity index (χ0) is 24.8. The first-order valence-electron chi connectivity index (χ1n) is 10.1. The molecule has 0 saturated carbocycles. The first-order valence-corrected chi connectivity index (χ1v) is 10.7. The van der Waals surface area contributed by atoms with E-state index in [0.29, 0.717) is 19.4 Å². The number of hydrogen-bond donors (Lipinski definition) is 9. The summed E-state index contributed by atoms with van der Waals surface area (Å²) >= 11 is 3.88. The van der Waals surface area contributed by atoms with Gasteiger partial charge in [0, 0.05) is 12.2 Å². The van der Waals surface area contributed by atoms with E-state index >= 15 is 0 Å². The summed E-state index contributed by atoms with van der Waals surface area (Å²) in [5, 5.41) is 25.7. The molecule has 0 aromatic rings. The van der Waals surface area contributed by atoms with Crippen molar-refractivity contribution in [1.82, 2.24) is 16.0 Å². The molecule has 11 N–H and O–H groups in total. The van der Waals surface area contributed by atoms with E-state index in [0.717, 1.165) is 0 Å². The van der Waals surface area contributed by atoms with Crippen LogP contribution in [0, 0.1) is 0 Å². The zero-order valence-corrected chi connectivity index (χ0v) is 18.8. The van der Waals surface area contributed by atoms with Gasteiger partial charge in [-0.15, -0.1) is 0 Å². The number of carbonyl (C=O) groups excluding carboxylic acids is 4. The van der Waals surface area contributed by atoms with Gasteiger partial charge in [0.05, 0.1) is 6.10 Å². The van der Waals surface area contributed by atoms with Crippen molar-refractivity contribution >= 4 is 42.2 Å². The molecule has 184 valence electrons. The topological polar surface area (TPSA) is 240 Å². The van der Waals surface area contributed by atoms with Crippen LogP contribution in [-0.4, -0.2) is 82.4 Å². The molecule has 0 heterocycles. The lowest BCUT2D eigenvalue weighted by Crippen LogP contribution is -2.58. The molecule has 0 bridgehead atoms. The molecule has 0 spiro atoms. The number of nitrogens with two attached hydrogens (primary N) is 3. The standard InChI is InChI=1S/C18H34N6O7S/c1-9(25)14(21)17(29)23-11(5-6-13(20)26)16(28)22-10(4-2-3-7-19)15(27)24-12(8-32)18(30)31/h9-12,14,25,32H,2-8,19,21H2,1H3,(H2,20,26)(H,22,28)(H,23,29)(H,24,27)(H,30,31). The Balaban J connectivity index is 5.48. The van der Waals surface area contributed by atoms with Crippen molar-refractivity contribution in [2.75, 3.05) is 12.3 Å². The lowest BCUT2D eigenvalue weighted by molar-refractivity contribution is -0.141. The van der Waals surface area contributed by atoms with Crippen molar-refractivity contribution < 1.29 is 34.2 Å². The molecule has 0 aliphatic heterocycles. The highest BCUT2D eigenvalue weighted by Gasteiger charge is 2.30. The van der Waals surface area contributed by atoms with Gasteiger partial charge < -0.3 is 43.4 Å². The molecule has 5 unspecified atom stereocenters. The van der Waals surface area contributed by atoms with Crippen LogP contribution in [0.4, 0.5) is 0 Å². The van der Waals surface area contributed by atoms with Gasteiger partial charge in [0.1, 0.15) is 24.2 Å². The number of aliphatic carboxylic acids is 1. The number of amides is 4. The fourth-order valence-electron chi connectivity index (χ4n) is 2.53. The van der Waals surface area contributed by atoms with Gasteiger partial charge in [-0.3, -0.25) is 19.2 Å². The third kappa shape index (κ3) is 11.3. The first-order chi connectivity index (χ1) is 14.9. The maximum Gasteiger partial charge on any atom is 0.327 e. The SMILES string of the molecule is CC(O)C(N)C(=O)NC(CCC(N)=O)C(=O)NC(CCCCN)C(=O)NC(CS)C(=O)O. The zero-order valence-electron chi connectivity index (χ0n) is 18.0. The number of nitrogens with one attached hydrogen (secondary N) is 3. The number of thiol groups is 1. The van der Waals surface area contributed by atoms with E-state index in [1.54, 1.807) is 0 Å². The van der Waals surface area contributed by atoms with Crippen LogP contribution in [0.25, 0.3) is 0 Å². The van der Waals surface area contributed by atoms with Gasteiger partial charge in [-0.1, -0.05) is 0 Å². The van der Waals surface area contributed by atoms with Crippen molar-refractivity contribution in [2.45, 2.75) is 69.3 Å². The molecule has 0 rings (SSSR count). The van der Waals surface area contributed by atoms with E-state index < -0.39 is 59.9 Å². The molecule has 0 aromatic carbocycles. The molecule has 0 aromatic heterocycles. The second-order valence-electron chi connectivity index (χ2n) is 7.26. The van der Waals surface area contributed by atoms with Crippen molar-refractivity contribution in [3.05, 3.63) is 0 Å². The number of carboxylic acids is 1. The highest BCUT2D eigenvalue weighted by molar-refractivity contribution is 7.80. The second kappa shape index (κ2) is 15.4. The van der Waals surface area contributed by atoms with Crippen LogP contribution in [0.1, 0.15) is 39.0 Å². The summed E-state index contributed by atoms with van der Waals surface area (Å²) in [7, 11) is 0. The molecule has 0 aliphatic rings. The predicted molar refractivity (Wildman–Crippen MR) is 118 cm³/mol. The molecule has 14 heteroatoms. The number of hydrogen-bond acceptors (Lipinski definition) is 9. The van der Waals surface area contributed by atoms with Gasteiger partial charge in [-0.2, -0.15) is 12.6 Å². The molecule has 0 fully saturated rings. The van der Waals surface area contributed by atoms with Gasteiger partial charge in [-0.05, 0) is 39.2 Å². The third-order valence-corrected chi connectivity index (χ3v) is 4.88. The van der Waals surface area contributed by atoms with Crippen LogP contribution in [0.3, 0.4) is 0 Å². The summed E-state index contributed by atoms with van der Waals surface area (Å²) in [6.45, 7) is 1.64. The Morgan fingerprint density at radius 3 is 1.84 bits per heavy atom. The molecular formula is C18H34N6O7S. The van der Waals surface area contributed by atoms with E-state index in [2.05, 4.69) is 28.6 Å². The molecule has 5 atom stereocenters. The van der Waals surface area contributed by atoms with Crippen molar-refractivity contribution in [2.24, 2.45) is 17.2 Å². The molecule has 0 radical (unpaired) electrons. The molecule has 0 aliphatic carbocycles. The first kappa shape index (κ1) is 29.6. The average Bonchev–Trinajstić information content (AvgIpc) is 2.72. The minimum Gasteiger partial charge on any atom is -0.480 e. The Hall–Kier alpha value is -2.42. The predicted octanol–water partition coefficient (Wildman–Crippen LogP) is -3.44. The number of carboxylic acid groups (broad SMARTS) is 1. The average molecular weight is 479 g/mol. The molecule has 4 amide bonds. The highest BCUT2D eigenvalue weighted by atomic mass is 32.1. The number of unbranched alkanes of at least 4 members (excludes halogenated alkanes) is 1. The highest BCUT2D eigenvalue weighted by Crippen LogP contribution is 2.06. The number of primary amides is 1. The van der Waals surface area contributed by atoms with Crippen LogP contribution in [0.5, 0.6) is 0 Å². The van der Waals surface area contributed by atoms with E-state index in [4.69, 9.17) is 22.3 Å². The second-order valence-corrected chi connectivity index (χ2v) is 7.63. The monoisotopic (exact) mass is 478 g/mol. The van der Waals surface area contributed by atoms with Crippen molar-refractivity contribution in [3.63, 3.8) is 0 Å². The van der Waals surface area contributed by atoms with Gasteiger partial charge in [-0.25, -0.2) is 4.79 Å². The van der Waals surface area contributed by atoms with E-state index in [1.165, 1.54) is 6.92 Å². The smallest absolute Gasteiger partial charge is 0.327 e. The summed E-state index contributed by atoms with van der Waals surface area (Å²) < 4.78 is 0. The van der Waals surface area contributed by atoms with Crippen molar-refractivity contribution in [3.8, 4) is 0 Å². The summed E-state index contributed by atoms with van der Waals surface area (Å²) in [6, 6.07) is -5.00. The lowest BCUT2D eigenvalue weighted by Gasteiger charge is -2.25. The molecule has 13 nitrogen and oxygen atoms in total. The molecule has 0 saturated heterocycles. The number of aliphatic hydroxyl groups is 1. The van der Waals surface area contributed by atoms with E-state index in [-0.39, 0.29) is 25.0 Å². The minimum absolute atomic E-state index is 0.150. The number of carbonyl (C=O) groups is 5. The Morgan fingerprint density at radius 1 is 0.906 bits per heavy atom. The van der Waals surface area contributed by atoms with Gasteiger partial charge in [0.2, 0.25) is 23.6 Å². The summed E-state index contributed by atoms with van der Waals surface area (Å²) in [5.74, 6) is -4.57. The largest absolute Gasteiger partial charge is 0.480 e. The van der Waals surface area contributed by atoms with Crippen LogP contribution >= 0.6 is 12.6 Å². The van der Waals surface area contributed by atoms with Gasteiger partial charge in [0.25, 0.3) is 0 Å². The maximum atomic E-state index is 12.8. The Labute approximate surface area is 191 Å². The third-order valence-electron chi connectivity index (χ3n) is 4.51. The lowest BCUT2D eigenvalue weighted by atomic mass is 10.0. The van der Waals surface area contributed by atoms with E-state index in [9.17, 15) is 29.1 Å².